The molecule has 5 heteroatoms. The van der Waals surface area contributed by atoms with Crippen molar-refractivity contribution < 1.29 is 9.47 Å². The molecule has 0 aliphatic carbocycles. The summed E-state index contributed by atoms with van der Waals surface area (Å²) in [6, 6.07) is 0. The fraction of sp³-hybridized carbons (Fsp3) is 0.636. The molecule has 1 aliphatic rings. The third kappa shape index (κ3) is 1.88. The Labute approximate surface area is 93.8 Å². The van der Waals surface area contributed by atoms with Crippen LogP contribution in [0.15, 0.2) is 4.79 Å². The number of aromatic amines is 1. The van der Waals surface area contributed by atoms with Crippen LogP contribution in [0.4, 0.5) is 0 Å². The van der Waals surface area contributed by atoms with Gasteiger partial charge in [0.25, 0.3) is 5.56 Å². The van der Waals surface area contributed by atoms with Gasteiger partial charge in [0, 0.05) is 13.5 Å². The number of ether oxygens (including phenoxy) is 2. The van der Waals surface area contributed by atoms with Crippen LogP contribution in [0.2, 0.25) is 0 Å². The molecule has 0 bridgehead atoms. The van der Waals surface area contributed by atoms with Crippen molar-refractivity contribution in [2.24, 2.45) is 0 Å². The van der Waals surface area contributed by atoms with Crippen LogP contribution in [0, 0.1) is 0 Å². The van der Waals surface area contributed by atoms with Gasteiger partial charge >= 0.3 is 0 Å². The highest BCUT2D eigenvalue weighted by Crippen LogP contribution is 2.20. The molecule has 1 aliphatic heterocycles. The lowest BCUT2D eigenvalue weighted by molar-refractivity contribution is 0.0104. The van der Waals surface area contributed by atoms with Crippen LogP contribution in [-0.4, -0.2) is 23.7 Å². The molecule has 0 saturated carbocycles. The second kappa shape index (κ2) is 3.99. The summed E-state index contributed by atoms with van der Waals surface area (Å²) < 4.78 is 10.5. The van der Waals surface area contributed by atoms with Crippen LogP contribution in [0.3, 0.4) is 0 Å². The van der Waals surface area contributed by atoms with E-state index >= 15 is 0 Å². The second-order valence-corrected chi connectivity index (χ2v) is 4.36. The van der Waals surface area contributed by atoms with E-state index < -0.39 is 5.60 Å². The highest BCUT2D eigenvalue weighted by Gasteiger charge is 2.25. The van der Waals surface area contributed by atoms with Crippen molar-refractivity contribution in [1.82, 2.24) is 9.97 Å². The van der Waals surface area contributed by atoms with Gasteiger partial charge in [-0.15, -0.1) is 0 Å². The molecule has 1 N–H and O–H groups in total. The monoisotopic (exact) mass is 224 g/mol. The molecule has 16 heavy (non-hydrogen) atoms. The number of H-pyrrole nitrogens is 1. The zero-order valence-electron chi connectivity index (χ0n) is 9.79. The average molecular weight is 224 g/mol. The van der Waals surface area contributed by atoms with Crippen molar-refractivity contribution in [3.05, 3.63) is 27.4 Å². The van der Waals surface area contributed by atoms with E-state index in [0.29, 0.717) is 31.0 Å². The Morgan fingerprint density at radius 3 is 2.94 bits per heavy atom. The molecular formula is C11H16N2O3. The van der Waals surface area contributed by atoms with E-state index in [1.165, 1.54) is 0 Å². The molecule has 0 unspecified atom stereocenters. The van der Waals surface area contributed by atoms with Gasteiger partial charge in [-0.2, -0.15) is 0 Å². The molecule has 0 fully saturated rings. The first-order chi connectivity index (χ1) is 7.54. The van der Waals surface area contributed by atoms with Gasteiger partial charge in [-0.05, 0) is 13.8 Å². The third-order valence-electron chi connectivity index (χ3n) is 2.91. The normalized spacial score (nSPS) is 15.9. The summed E-state index contributed by atoms with van der Waals surface area (Å²) in [6.45, 7) is 4.72. The van der Waals surface area contributed by atoms with Gasteiger partial charge in [0.1, 0.15) is 11.4 Å². The molecule has 0 spiro atoms. The summed E-state index contributed by atoms with van der Waals surface area (Å²) in [6.07, 6.45) is 0.687. The SMILES string of the molecule is COC(C)(C)c1nc2c(c(=O)[nH]1)COCC2. The summed E-state index contributed by atoms with van der Waals surface area (Å²) in [5.74, 6) is 0.570. The zero-order chi connectivity index (χ0) is 11.8. The van der Waals surface area contributed by atoms with Crippen molar-refractivity contribution in [1.29, 1.82) is 0 Å². The van der Waals surface area contributed by atoms with Crippen molar-refractivity contribution in [2.45, 2.75) is 32.5 Å². The number of nitrogens with zero attached hydrogens (tertiary/aromatic N) is 1. The molecule has 0 aromatic carbocycles. The van der Waals surface area contributed by atoms with E-state index in [1.54, 1.807) is 7.11 Å². The Morgan fingerprint density at radius 2 is 2.25 bits per heavy atom. The molecule has 0 saturated heterocycles. The molecule has 5 nitrogen and oxygen atoms in total. The Bertz CT molecular complexity index is 451. The standard InChI is InChI=1S/C11H16N2O3/c1-11(2,15-3)10-12-8-4-5-16-6-7(8)9(14)13-10/h4-6H2,1-3H3,(H,12,13,14). The Morgan fingerprint density at radius 1 is 1.50 bits per heavy atom. The lowest BCUT2D eigenvalue weighted by Crippen LogP contribution is -2.31. The highest BCUT2D eigenvalue weighted by atomic mass is 16.5. The summed E-state index contributed by atoms with van der Waals surface area (Å²) >= 11 is 0. The number of hydrogen-bond acceptors (Lipinski definition) is 4. The number of methoxy groups -OCH3 is 1. The largest absolute Gasteiger partial charge is 0.376 e. The topological polar surface area (TPSA) is 64.2 Å². The average Bonchev–Trinajstić information content (AvgIpc) is 2.29. The minimum absolute atomic E-state index is 0.121. The maximum absolute atomic E-state index is 11.8. The molecule has 1 aromatic heterocycles. The number of nitrogens with one attached hydrogen (secondary N) is 1. The molecule has 0 atom stereocenters. The molecule has 2 rings (SSSR count). The fourth-order valence-electron chi connectivity index (χ4n) is 1.62. The highest BCUT2D eigenvalue weighted by molar-refractivity contribution is 5.20. The molecule has 2 heterocycles. The van der Waals surface area contributed by atoms with E-state index in [9.17, 15) is 4.79 Å². The van der Waals surface area contributed by atoms with Crippen LogP contribution in [0.5, 0.6) is 0 Å². The summed E-state index contributed by atoms with van der Waals surface area (Å²) in [4.78, 5) is 19.0. The Balaban J connectivity index is 2.51. The third-order valence-corrected chi connectivity index (χ3v) is 2.91. The van der Waals surface area contributed by atoms with Gasteiger partial charge in [-0.1, -0.05) is 0 Å². The van der Waals surface area contributed by atoms with Crippen molar-refractivity contribution in [2.75, 3.05) is 13.7 Å². The van der Waals surface area contributed by atoms with Crippen LogP contribution in [0.25, 0.3) is 0 Å². The smallest absolute Gasteiger partial charge is 0.256 e. The maximum Gasteiger partial charge on any atom is 0.256 e. The van der Waals surface area contributed by atoms with Gasteiger partial charge in [0.15, 0.2) is 0 Å². The van der Waals surface area contributed by atoms with Gasteiger partial charge in [0.2, 0.25) is 0 Å². The number of aromatic nitrogens is 2. The lowest BCUT2D eigenvalue weighted by atomic mass is 10.1. The van der Waals surface area contributed by atoms with Gasteiger partial charge in [-0.25, -0.2) is 4.98 Å². The lowest BCUT2D eigenvalue weighted by Gasteiger charge is -2.24. The van der Waals surface area contributed by atoms with Crippen molar-refractivity contribution in [3.63, 3.8) is 0 Å². The quantitative estimate of drug-likeness (QED) is 0.804. The van der Waals surface area contributed by atoms with Gasteiger partial charge < -0.3 is 14.5 Å². The van der Waals surface area contributed by atoms with Crippen molar-refractivity contribution in [3.8, 4) is 0 Å². The first kappa shape index (κ1) is 11.3. The zero-order valence-corrected chi connectivity index (χ0v) is 9.79. The number of fused-ring (bicyclic) bond motifs is 1. The van der Waals surface area contributed by atoms with E-state index in [1.807, 2.05) is 13.8 Å². The predicted molar refractivity (Wildman–Crippen MR) is 58.3 cm³/mol. The van der Waals surface area contributed by atoms with Crippen LogP contribution in [0.1, 0.15) is 30.9 Å². The predicted octanol–water partition coefficient (Wildman–Crippen LogP) is 0.724. The van der Waals surface area contributed by atoms with Crippen LogP contribution >= 0.6 is 0 Å². The van der Waals surface area contributed by atoms with Gasteiger partial charge in [0.05, 0.1) is 24.5 Å². The Hall–Kier alpha value is -1.20. The number of hydrogen-bond donors (Lipinski definition) is 1. The van der Waals surface area contributed by atoms with Gasteiger partial charge in [-0.3, -0.25) is 4.79 Å². The van der Waals surface area contributed by atoms with E-state index in [4.69, 9.17) is 9.47 Å². The van der Waals surface area contributed by atoms with E-state index in [2.05, 4.69) is 9.97 Å². The molecular weight excluding hydrogens is 208 g/mol. The minimum atomic E-state index is -0.577. The summed E-state index contributed by atoms with van der Waals surface area (Å²) in [5, 5.41) is 0. The maximum atomic E-state index is 11.8. The van der Waals surface area contributed by atoms with Crippen molar-refractivity contribution >= 4 is 0 Å². The molecule has 0 amide bonds. The first-order valence-corrected chi connectivity index (χ1v) is 5.30. The molecule has 88 valence electrons. The summed E-state index contributed by atoms with van der Waals surface area (Å²) in [7, 11) is 1.60. The fourth-order valence-corrected chi connectivity index (χ4v) is 1.62. The molecule has 1 aromatic rings. The minimum Gasteiger partial charge on any atom is -0.376 e. The van der Waals surface area contributed by atoms with Crippen LogP contribution in [-0.2, 0) is 28.1 Å². The number of rotatable bonds is 2. The molecule has 0 radical (unpaired) electrons. The summed E-state index contributed by atoms with van der Waals surface area (Å²) in [5.41, 5.74) is 0.772. The second-order valence-electron chi connectivity index (χ2n) is 4.36. The first-order valence-electron chi connectivity index (χ1n) is 5.30. The van der Waals surface area contributed by atoms with E-state index in [-0.39, 0.29) is 5.56 Å². The Kier molecular flexibility index (Phi) is 2.82. The van der Waals surface area contributed by atoms with E-state index in [0.717, 1.165) is 5.69 Å². The van der Waals surface area contributed by atoms with Crippen LogP contribution < -0.4 is 5.56 Å².